The van der Waals surface area contributed by atoms with Gasteiger partial charge in [-0.05, 0) is 60.2 Å². The van der Waals surface area contributed by atoms with Crippen molar-refractivity contribution >= 4 is 21.6 Å². The number of hydrogen-bond donors (Lipinski definition) is 1. The SMILES string of the molecule is CC(C)(C)c1ccc2c(c1)N(S(C)(=O)=O)CC(C(=O)NCc1cccc(CN3CCCC3)c1)O2. The summed E-state index contributed by atoms with van der Waals surface area (Å²) in [4.78, 5) is 15.4. The summed E-state index contributed by atoms with van der Waals surface area (Å²) >= 11 is 0. The number of benzene rings is 2. The van der Waals surface area contributed by atoms with Crippen molar-refractivity contribution in [3.05, 3.63) is 59.2 Å². The first kappa shape index (κ1) is 24.5. The van der Waals surface area contributed by atoms with E-state index in [4.69, 9.17) is 4.74 Å². The number of anilines is 1. The van der Waals surface area contributed by atoms with Crippen LogP contribution in [0.2, 0.25) is 0 Å². The maximum absolute atomic E-state index is 13.0. The average Bonchev–Trinajstić information content (AvgIpc) is 3.28. The van der Waals surface area contributed by atoms with Crippen LogP contribution in [0.5, 0.6) is 5.75 Å². The van der Waals surface area contributed by atoms with E-state index < -0.39 is 16.1 Å². The fourth-order valence-electron chi connectivity index (χ4n) is 4.51. The second-order valence-corrected chi connectivity index (χ2v) is 12.3. The molecule has 2 heterocycles. The number of nitrogens with zero attached hydrogens (tertiary/aromatic N) is 2. The van der Waals surface area contributed by atoms with Gasteiger partial charge in [-0.3, -0.25) is 14.0 Å². The van der Waals surface area contributed by atoms with Gasteiger partial charge < -0.3 is 10.1 Å². The molecule has 1 fully saturated rings. The molecule has 0 aliphatic carbocycles. The third-order valence-corrected chi connectivity index (χ3v) is 7.60. The zero-order chi connectivity index (χ0) is 24.5. The lowest BCUT2D eigenvalue weighted by atomic mass is 9.86. The van der Waals surface area contributed by atoms with Gasteiger partial charge in [0.05, 0.1) is 18.5 Å². The Morgan fingerprint density at radius 2 is 1.79 bits per heavy atom. The van der Waals surface area contributed by atoms with Crippen molar-refractivity contribution in [1.29, 1.82) is 0 Å². The molecule has 1 amide bonds. The molecule has 1 unspecified atom stereocenters. The van der Waals surface area contributed by atoms with Gasteiger partial charge in [0, 0.05) is 13.1 Å². The molecule has 184 valence electrons. The number of rotatable bonds is 6. The Labute approximate surface area is 203 Å². The summed E-state index contributed by atoms with van der Waals surface area (Å²) < 4.78 is 32.4. The summed E-state index contributed by atoms with van der Waals surface area (Å²) in [5.74, 6) is 0.0709. The fourth-order valence-corrected chi connectivity index (χ4v) is 5.41. The summed E-state index contributed by atoms with van der Waals surface area (Å²) in [6, 6.07) is 13.8. The zero-order valence-corrected chi connectivity index (χ0v) is 21.3. The Morgan fingerprint density at radius 1 is 1.09 bits per heavy atom. The molecule has 0 bridgehead atoms. The van der Waals surface area contributed by atoms with E-state index in [9.17, 15) is 13.2 Å². The van der Waals surface area contributed by atoms with Crippen LogP contribution in [-0.2, 0) is 33.3 Å². The number of hydrogen-bond acceptors (Lipinski definition) is 5. The van der Waals surface area contributed by atoms with Gasteiger partial charge in [0.2, 0.25) is 10.0 Å². The van der Waals surface area contributed by atoms with Crippen molar-refractivity contribution in [3.8, 4) is 5.75 Å². The lowest BCUT2D eigenvalue weighted by molar-refractivity contribution is -0.127. The number of carbonyl (C=O) groups is 1. The average molecular weight is 486 g/mol. The van der Waals surface area contributed by atoms with E-state index in [0.29, 0.717) is 18.0 Å². The van der Waals surface area contributed by atoms with E-state index >= 15 is 0 Å². The van der Waals surface area contributed by atoms with Crippen LogP contribution in [0, 0.1) is 0 Å². The number of nitrogens with one attached hydrogen (secondary N) is 1. The number of ether oxygens (including phenoxy) is 1. The summed E-state index contributed by atoms with van der Waals surface area (Å²) in [5.41, 5.74) is 3.58. The second kappa shape index (κ2) is 9.58. The molecule has 0 aromatic heterocycles. The van der Waals surface area contributed by atoms with Gasteiger partial charge in [-0.15, -0.1) is 0 Å². The normalized spacial score (nSPS) is 18.9. The highest BCUT2D eigenvalue weighted by atomic mass is 32.2. The predicted molar refractivity (Wildman–Crippen MR) is 135 cm³/mol. The van der Waals surface area contributed by atoms with E-state index in [1.807, 2.05) is 24.3 Å². The molecule has 0 radical (unpaired) electrons. The molecule has 2 aliphatic rings. The van der Waals surface area contributed by atoms with Crippen molar-refractivity contribution < 1.29 is 17.9 Å². The maximum atomic E-state index is 13.0. The van der Waals surface area contributed by atoms with Gasteiger partial charge in [-0.25, -0.2) is 8.42 Å². The predicted octanol–water partition coefficient (Wildman–Crippen LogP) is 3.42. The molecular weight excluding hydrogens is 450 g/mol. The molecule has 1 atom stereocenters. The van der Waals surface area contributed by atoms with E-state index in [-0.39, 0.29) is 17.9 Å². The summed E-state index contributed by atoms with van der Waals surface area (Å²) in [5, 5.41) is 2.93. The molecule has 1 N–H and O–H groups in total. The van der Waals surface area contributed by atoms with E-state index in [1.54, 1.807) is 6.07 Å². The standard InChI is InChI=1S/C26H35N3O4S/c1-26(2,3)21-10-11-23-22(15-21)29(34(4,31)32)18-24(33-23)25(30)27-16-19-8-7-9-20(14-19)17-28-12-5-6-13-28/h7-11,14-15,24H,5-6,12-13,16-18H2,1-4H3,(H,27,30). The van der Waals surface area contributed by atoms with E-state index in [0.717, 1.165) is 37.0 Å². The van der Waals surface area contributed by atoms with Gasteiger partial charge in [0.1, 0.15) is 5.75 Å². The van der Waals surface area contributed by atoms with Gasteiger partial charge in [0.15, 0.2) is 6.10 Å². The minimum absolute atomic E-state index is 0.0553. The maximum Gasteiger partial charge on any atom is 0.263 e. The monoisotopic (exact) mass is 485 g/mol. The first-order valence-electron chi connectivity index (χ1n) is 11.9. The smallest absolute Gasteiger partial charge is 0.263 e. The lowest BCUT2D eigenvalue weighted by Crippen LogP contribution is -2.50. The Morgan fingerprint density at radius 3 is 2.47 bits per heavy atom. The molecule has 7 nitrogen and oxygen atoms in total. The molecule has 0 spiro atoms. The largest absolute Gasteiger partial charge is 0.476 e. The lowest BCUT2D eigenvalue weighted by Gasteiger charge is -2.35. The molecule has 2 aliphatic heterocycles. The van der Waals surface area contributed by atoms with Crippen LogP contribution in [-0.4, -0.2) is 51.2 Å². The van der Waals surface area contributed by atoms with Crippen LogP contribution < -0.4 is 14.4 Å². The third kappa shape index (κ3) is 5.73. The van der Waals surface area contributed by atoms with Crippen molar-refractivity contribution in [2.24, 2.45) is 0 Å². The van der Waals surface area contributed by atoms with Crippen LogP contribution in [0.1, 0.15) is 50.3 Å². The number of fused-ring (bicyclic) bond motifs is 1. The first-order valence-corrected chi connectivity index (χ1v) is 13.7. The Hall–Kier alpha value is -2.58. The zero-order valence-electron chi connectivity index (χ0n) is 20.5. The third-order valence-electron chi connectivity index (χ3n) is 6.45. The van der Waals surface area contributed by atoms with Crippen molar-refractivity contribution in [1.82, 2.24) is 10.2 Å². The fraction of sp³-hybridized carbons (Fsp3) is 0.500. The van der Waals surface area contributed by atoms with Crippen molar-refractivity contribution in [2.45, 2.75) is 58.2 Å². The molecule has 1 saturated heterocycles. The summed E-state index contributed by atoms with van der Waals surface area (Å²) in [7, 11) is -3.58. The Kier molecular flexibility index (Phi) is 6.92. The van der Waals surface area contributed by atoms with Gasteiger partial charge in [0.25, 0.3) is 5.91 Å². The highest BCUT2D eigenvalue weighted by Crippen LogP contribution is 2.38. The quantitative estimate of drug-likeness (QED) is 0.678. The second-order valence-electron chi connectivity index (χ2n) is 10.4. The molecule has 2 aromatic carbocycles. The highest BCUT2D eigenvalue weighted by molar-refractivity contribution is 7.92. The van der Waals surface area contributed by atoms with Crippen LogP contribution in [0.25, 0.3) is 0 Å². The molecule has 34 heavy (non-hydrogen) atoms. The molecule has 4 rings (SSSR count). The van der Waals surface area contributed by atoms with Crippen LogP contribution >= 0.6 is 0 Å². The van der Waals surface area contributed by atoms with Crippen molar-refractivity contribution in [3.63, 3.8) is 0 Å². The van der Waals surface area contributed by atoms with Gasteiger partial charge in [-0.1, -0.05) is 51.1 Å². The molecule has 8 heteroatoms. The Balaban J connectivity index is 1.46. The van der Waals surface area contributed by atoms with Crippen molar-refractivity contribution in [2.75, 3.05) is 30.2 Å². The highest BCUT2D eigenvalue weighted by Gasteiger charge is 2.35. The molecule has 0 saturated carbocycles. The van der Waals surface area contributed by atoms with Crippen LogP contribution in [0.4, 0.5) is 5.69 Å². The topological polar surface area (TPSA) is 79.0 Å². The molecular formula is C26H35N3O4S. The summed E-state index contributed by atoms with van der Waals surface area (Å²) in [6.45, 7) is 9.70. The van der Waals surface area contributed by atoms with Crippen LogP contribution in [0.3, 0.4) is 0 Å². The van der Waals surface area contributed by atoms with Gasteiger partial charge in [-0.2, -0.15) is 0 Å². The van der Waals surface area contributed by atoms with Gasteiger partial charge >= 0.3 is 0 Å². The first-order chi connectivity index (χ1) is 16.0. The number of likely N-dealkylation sites (tertiary alicyclic amines) is 1. The Bertz CT molecular complexity index is 1150. The molecule has 2 aromatic rings. The minimum Gasteiger partial charge on any atom is -0.476 e. The number of amides is 1. The number of sulfonamides is 1. The number of carbonyl (C=O) groups excluding carboxylic acids is 1. The van der Waals surface area contributed by atoms with E-state index in [2.05, 4.69) is 43.1 Å². The van der Waals surface area contributed by atoms with E-state index in [1.165, 1.54) is 22.7 Å². The summed E-state index contributed by atoms with van der Waals surface area (Å²) in [6.07, 6.45) is 2.74. The van der Waals surface area contributed by atoms with Crippen LogP contribution in [0.15, 0.2) is 42.5 Å². The minimum atomic E-state index is -3.58.